The number of alkyl halides is 1. The van der Waals surface area contributed by atoms with Crippen LogP contribution in [0.15, 0.2) is 103 Å². The van der Waals surface area contributed by atoms with Crippen molar-refractivity contribution >= 4 is 110 Å². The van der Waals surface area contributed by atoms with Crippen LogP contribution < -0.4 is 52.4 Å². The number of carbonyl (C=O) groups excluding carboxylic acids is 9. The van der Waals surface area contributed by atoms with Crippen molar-refractivity contribution in [3.8, 4) is 11.5 Å². The number of aryl methyl sites for hydroxylation is 1. The highest BCUT2D eigenvalue weighted by molar-refractivity contribution is 6.20. The molecule has 3 aliphatic heterocycles. The molecule has 9 rings (SSSR count). The molecule has 7 atom stereocenters. The minimum atomic E-state index is -1.14. The molecule has 1 saturated heterocycles. The molecule has 550 valence electrons. The first-order valence-corrected chi connectivity index (χ1v) is 34.3. The molecule has 0 radical (unpaired) electrons. The van der Waals surface area contributed by atoms with Crippen LogP contribution in [0.2, 0.25) is 0 Å². The van der Waals surface area contributed by atoms with Crippen LogP contribution in [0.1, 0.15) is 96.3 Å². The number of nitrogens with one attached hydrogen (secondary N) is 6. The van der Waals surface area contributed by atoms with Crippen molar-refractivity contribution in [2.24, 2.45) is 17.4 Å². The Labute approximate surface area is 598 Å². The van der Waals surface area contributed by atoms with Crippen molar-refractivity contribution in [1.29, 1.82) is 0 Å². The number of fused-ring (bicyclic) bond motifs is 4. The van der Waals surface area contributed by atoms with Crippen LogP contribution in [0.25, 0.3) is 21.8 Å². The van der Waals surface area contributed by atoms with Gasteiger partial charge in [0.2, 0.25) is 11.8 Å². The van der Waals surface area contributed by atoms with Gasteiger partial charge in [0.1, 0.15) is 53.7 Å². The molecule has 2 aromatic heterocycles. The second-order valence-electron chi connectivity index (χ2n) is 25.4. The number of hydrogen-bond donors (Lipinski definition) is 10. The van der Waals surface area contributed by atoms with Gasteiger partial charge in [0.15, 0.2) is 12.5 Å². The number of alkyl carbamates (subject to hydrolysis) is 1. The molecule has 4 unspecified atom stereocenters. The van der Waals surface area contributed by atoms with Gasteiger partial charge in [0, 0.05) is 84.8 Å². The van der Waals surface area contributed by atoms with Crippen LogP contribution in [0.5, 0.6) is 11.5 Å². The number of nitrogens with two attached hydrogens (primary N) is 2. The summed E-state index contributed by atoms with van der Waals surface area (Å²) in [6.07, 6.45) is 1.86. The Bertz CT molecular complexity index is 4080. The number of nitrogens with zero attached hydrogens (tertiary/aromatic N) is 5. The average Bonchev–Trinajstić information content (AvgIpc) is 1.62. The van der Waals surface area contributed by atoms with Gasteiger partial charge in [-0.15, -0.1) is 11.6 Å². The summed E-state index contributed by atoms with van der Waals surface area (Å²) >= 11 is 6.70. The molecule has 0 saturated carbocycles. The van der Waals surface area contributed by atoms with E-state index < -0.39 is 102 Å². The fraction of sp³-hybridized carbons (Fsp3) is 0.423. The minimum Gasteiger partial charge on any atom is -0.488 e. The molecule has 0 aliphatic carbocycles. The number of carbonyl (C=O) groups is 10. The number of primary amides is 1. The fourth-order valence-corrected chi connectivity index (χ4v) is 12.0. The molecule has 5 heterocycles. The number of aromatic nitrogens is 2. The Morgan fingerprint density at radius 3 is 2.30 bits per heavy atom. The van der Waals surface area contributed by atoms with Crippen LogP contribution in [0.3, 0.4) is 0 Å². The normalized spacial score (nSPS) is 16.5. The van der Waals surface area contributed by atoms with Crippen LogP contribution in [0, 0.1) is 12.8 Å². The smallest absolute Gasteiger partial charge is 0.415 e. The van der Waals surface area contributed by atoms with Gasteiger partial charge in [-0.2, -0.15) is 0 Å². The number of aliphatic hydroxyl groups is 1. The van der Waals surface area contributed by atoms with Crippen LogP contribution >= 0.6 is 11.6 Å². The molecule has 12 N–H and O–H groups in total. The topological polar surface area (TPSA) is 424 Å². The molecule has 3 aliphatic rings. The van der Waals surface area contributed by atoms with Gasteiger partial charge in [-0.3, -0.25) is 43.4 Å². The van der Waals surface area contributed by atoms with Crippen molar-refractivity contribution in [1.82, 2.24) is 40.6 Å². The van der Waals surface area contributed by atoms with Crippen LogP contribution in [-0.2, 0) is 49.5 Å². The minimum absolute atomic E-state index is 0.0140. The first-order valence-electron chi connectivity index (χ1n) is 33.7. The number of imide groups is 1. The maximum absolute atomic E-state index is 14.8. The second-order valence-corrected chi connectivity index (χ2v) is 25.8. The number of epoxide rings is 1. The first kappa shape index (κ1) is 76.9. The lowest BCUT2D eigenvalue weighted by Gasteiger charge is -2.25. The Hall–Kier alpha value is -10.3. The number of rotatable bonds is 37. The zero-order valence-electron chi connectivity index (χ0n) is 57.6. The molecular formula is C71H86ClN13O18. The van der Waals surface area contributed by atoms with E-state index in [1.165, 1.54) is 11.1 Å². The number of hydrogen-bond acceptors (Lipinski definition) is 20. The van der Waals surface area contributed by atoms with Crippen molar-refractivity contribution in [2.75, 3.05) is 94.2 Å². The van der Waals surface area contributed by atoms with Gasteiger partial charge < -0.3 is 91.5 Å². The SMILES string of the molecule is Cc1cccc2c(OC(=O)N(CCCC[C@H](N)C(=O)O)CCN(C)C3OC3OCc3ccc(NC(=O)[C@H](CCCNC(N)=O)NC(=O)[C@@H](NC(=O)OCCOCCN4C(=O)C=CC4=O)C(C)C)cc3)cc3c(c12)C(CCl)CN3C(=O)c1cc2cc(NC(=O)c3ccc(OC(C)CO)cc3)cnc2[nH]1. The molecular weight excluding hydrogens is 1360 g/mol. The molecule has 0 spiro atoms. The standard InChI is InChI=1S/C71H86ClN13O18/c1-40(2)60(81-70(96)99-31-30-98-29-28-84-56(87)22-23-57(84)88)64(91)80-52(13-9-24-75-69(74)95)63(90)77-47-18-14-43(15-19-47)39-100-68-66(103-68)82(5)26-27-83(25-7-6-12-51(73)67(93)94)71(97)102-55-34-54-59(58-41(3)10-8-11-50(55)58)46(35-72)37-85(54)65(92)53-33-45-32-48(36-76-61(45)79-53)78-62(89)44-16-20-49(21-17-44)101-42(4)38-86/h8,10-11,14-23,32-34,36,40,42,46,51-52,60,66,68,86H,6-7,9,12-13,24-31,35,37-39,73H2,1-5H3,(H,76,79)(H,77,90)(H,78,89)(H,80,91)(H,81,96)(H,93,94)(H3,74,75,95)/t42?,46?,51-,52-,60-,66?,68?/m0/s1. The van der Waals surface area contributed by atoms with Gasteiger partial charge in [-0.05, 0) is 130 Å². The molecule has 31 nitrogen and oxygen atoms in total. The molecule has 1 fully saturated rings. The van der Waals surface area contributed by atoms with E-state index in [9.17, 15) is 58.2 Å². The summed E-state index contributed by atoms with van der Waals surface area (Å²) in [7, 11) is 1.81. The average molecular weight is 1440 g/mol. The number of aromatic amines is 1. The number of H-pyrrole nitrogens is 1. The number of ether oxygens (including phenoxy) is 6. The number of benzene rings is 4. The number of amides is 10. The zero-order chi connectivity index (χ0) is 74.0. The van der Waals surface area contributed by atoms with Gasteiger partial charge in [0.05, 0.1) is 50.5 Å². The highest BCUT2D eigenvalue weighted by Crippen LogP contribution is 2.47. The van der Waals surface area contributed by atoms with Gasteiger partial charge in [-0.25, -0.2) is 19.4 Å². The highest BCUT2D eigenvalue weighted by atomic mass is 35.5. The Balaban J connectivity index is 0.801. The largest absolute Gasteiger partial charge is 0.488 e. The Morgan fingerprint density at radius 2 is 1.60 bits per heavy atom. The van der Waals surface area contributed by atoms with E-state index >= 15 is 0 Å². The number of pyridine rings is 1. The summed E-state index contributed by atoms with van der Waals surface area (Å²) in [6, 6.07) is 19.8. The fourth-order valence-electron chi connectivity index (χ4n) is 11.7. The molecule has 32 heteroatoms. The lowest BCUT2D eigenvalue weighted by atomic mass is 9.92. The van der Waals surface area contributed by atoms with Gasteiger partial charge in [-0.1, -0.05) is 44.2 Å². The maximum atomic E-state index is 14.8. The Kier molecular flexibility index (Phi) is 26.9. The number of carboxylic acid groups (broad SMARTS) is 1. The van der Waals surface area contributed by atoms with E-state index in [1.807, 2.05) is 37.1 Å². The Morgan fingerprint density at radius 1 is 0.854 bits per heavy atom. The third-order valence-electron chi connectivity index (χ3n) is 17.4. The highest BCUT2D eigenvalue weighted by Gasteiger charge is 2.44. The van der Waals surface area contributed by atoms with E-state index in [4.69, 9.17) is 51.5 Å². The number of halogens is 1. The van der Waals surface area contributed by atoms with Gasteiger partial charge >= 0.3 is 24.2 Å². The lowest BCUT2D eigenvalue weighted by Crippen LogP contribution is -2.54. The number of aliphatic carboxylic acids is 1. The van der Waals surface area contributed by atoms with Crippen molar-refractivity contribution in [2.45, 2.75) is 109 Å². The molecule has 6 aromatic rings. The lowest BCUT2D eigenvalue weighted by molar-refractivity contribution is -0.139. The summed E-state index contributed by atoms with van der Waals surface area (Å²) in [5.74, 6) is -4.02. The molecule has 4 aromatic carbocycles. The summed E-state index contributed by atoms with van der Waals surface area (Å²) in [5.41, 5.74) is 15.7. The number of anilines is 3. The maximum Gasteiger partial charge on any atom is 0.415 e. The zero-order valence-corrected chi connectivity index (χ0v) is 58.4. The number of aliphatic hydroxyl groups excluding tert-OH is 1. The number of unbranched alkanes of at least 4 members (excludes halogenated alkanes) is 1. The van der Waals surface area contributed by atoms with Crippen molar-refractivity contribution in [3.05, 3.63) is 131 Å². The van der Waals surface area contributed by atoms with E-state index in [-0.39, 0.29) is 115 Å². The second kappa shape index (κ2) is 36.0. The number of carboxylic acids is 1. The summed E-state index contributed by atoms with van der Waals surface area (Å²) in [4.78, 5) is 143. The predicted octanol–water partition coefficient (Wildman–Crippen LogP) is 5.80. The van der Waals surface area contributed by atoms with E-state index in [1.54, 1.807) is 92.4 Å². The van der Waals surface area contributed by atoms with E-state index in [2.05, 4.69) is 36.6 Å². The summed E-state index contributed by atoms with van der Waals surface area (Å²) < 4.78 is 34.6. The van der Waals surface area contributed by atoms with Crippen molar-refractivity contribution < 1.29 is 86.6 Å². The molecule has 103 heavy (non-hydrogen) atoms. The van der Waals surface area contributed by atoms with E-state index in [0.717, 1.165) is 39.1 Å². The van der Waals surface area contributed by atoms with E-state index in [0.29, 0.717) is 57.6 Å². The quantitative estimate of drug-likeness (QED) is 0.00953. The monoisotopic (exact) mass is 1440 g/mol. The number of urea groups is 1. The third kappa shape index (κ3) is 20.7. The first-order chi connectivity index (χ1) is 49.4. The predicted molar refractivity (Wildman–Crippen MR) is 378 cm³/mol. The molecule has 10 amide bonds. The summed E-state index contributed by atoms with van der Waals surface area (Å²) in [5, 5.41) is 34.1. The molecule has 0 bridgehead atoms. The summed E-state index contributed by atoms with van der Waals surface area (Å²) in [6.45, 7) is 7.66. The number of likely N-dealkylation sites (N-methyl/N-ethyl adjacent to an activating group) is 1. The van der Waals surface area contributed by atoms with Crippen LogP contribution in [0.4, 0.5) is 31.4 Å². The van der Waals surface area contributed by atoms with Crippen molar-refractivity contribution in [3.63, 3.8) is 0 Å². The third-order valence-corrected chi connectivity index (χ3v) is 17.8. The van der Waals surface area contributed by atoms with Gasteiger partial charge in [0.25, 0.3) is 23.6 Å². The van der Waals surface area contributed by atoms with Crippen LogP contribution in [-0.4, -0.2) is 210 Å².